The molecule has 1 aliphatic heterocycles. The molecule has 0 atom stereocenters. The van der Waals surface area contributed by atoms with Crippen molar-refractivity contribution in [3.8, 4) is 11.5 Å². The van der Waals surface area contributed by atoms with Gasteiger partial charge in [0.05, 0.1) is 18.6 Å². The smallest absolute Gasteiger partial charge is 0.243 e. The molecule has 0 unspecified atom stereocenters. The van der Waals surface area contributed by atoms with Crippen molar-refractivity contribution in [3.05, 3.63) is 53.6 Å². The molecule has 1 aliphatic rings. The quantitative estimate of drug-likeness (QED) is 0.476. The SMILES string of the molecule is CCOc1ccccc1CCCNC(=O)CCc1cc(S(=O)(=O)N2CCCC2)ccc1OC. The second-order valence-corrected chi connectivity index (χ2v) is 10.0. The molecule has 0 radical (unpaired) electrons. The lowest BCUT2D eigenvalue weighted by atomic mass is 10.1. The molecule has 2 aromatic rings. The first-order valence-electron chi connectivity index (χ1n) is 11.6. The van der Waals surface area contributed by atoms with Gasteiger partial charge in [-0.2, -0.15) is 4.31 Å². The molecule has 7 nitrogen and oxygen atoms in total. The summed E-state index contributed by atoms with van der Waals surface area (Å²) in [6.45, 7) is 4.27. The normalized spacial score (nSPS) is 14.2. The summed E-state index contributed by atoms with van der Waals surface area (Å²) in [5.74, 6) is 1.42. The average molecular weight is 475 g/mol. The Hall–Kier alpha value is -2.58. The Bertz CT molecular complexity index is 1030. The minimum atomic E-state index is -3.51. The first kappa shape index (κ1) is 25.1. The van der Waals surface area contributed by atoms with E-state index >= 15 is 0 Å². The summed E-state index contributed by atoms with van der Waals surface area (Å²) in [7, 11) is -1.96. The number of benzene rings is 2. The van der Waals surface area contributed by atoms with Crippen LogP contribution < -0.4 is 14.8 Å². The molecule has 8 heteroatoms. The minimum absolute atomic E-state index is 0.0667. The Morgan fingerprint density at radius 2 is 1.79 bits per heavy atom. The van der Waals surface area contributed by atoms with Crippen LogP contribution in [0.2, 0.25) is 0 Å². The van der Waals surface area contributed by atoms with E-state index in [0.717, 1.165) is 42.6 Å². The van der Waals surface area contributed by atoms with Gasteiger partial charge in [0, 0.05) is 26.1 Å². The number of rotatable bonds is 12. The predicted molar refractivity (Wildman–Crippen MR) is 128 cm³/mol. The van der Waals surface area contributed by atoms with Crippen LogP contribution >= 0.6 is 0 Å². The number of ether oxygens (including phenoxy) is 2. The second-order valence-electron chi connectivity index (χ2n) is 8.08. The van der Waals surface area contributed by atoms with E-state index in [0.29, 0.717) is 38.4 Å². The van der Waals surface area contributed by atoms with Gasteiger partial charge in [-0.05, 0) is 74.4 Å². The summed E-state index contributed by atoms with van der Waals surface area (Å²) in [6.07, 6.45) is 4.08. The summed E-state index contributed by atoms with van der Waals surface area (Å²) in [5.41, 5.74) is 1.85. The Labute approximate surface area is 197 Å². The Balaban J connectivity index is 1.52. The van der Waals surface area contributed by atoms with Gasteiger partial charge in [0.25, 0.3) is 0 Å². The van der Waals surface area contributed by atoms with Crippen LogP contribution in [0.4, 0.5) is 0 Å². The third-order valence-corrected chi connectivity index (χ3v) is 7.69. The van der Waals surface area contributed by atoms with Crippen molar-refractivity contribution < 1.29 is 22.7 Å². The number of aryl methyl sites for hydroxylation is 2. The lowest BCUT2D eigenvalue weighted by molar-refractivity contribution is -0.121. The van der Waals surface area contributed by atoms with Crippen LogP contribution in [0.3, 0.4) is 0 Å². The fourth-order valence-electron chi connectivity index (χ4n) is 4.04. The molecule has 180 valence electrons. The fourth-order valence-corrected chi connectivity index (χ4v) is 5.61. The molecule has 1 amide bonds. The highest BCUT2D eigenvalue weighted by Gasteiger charge is 2.27. The Morgan fingerprint density at radius 3 is 2.52 bits per heavy atom. The summed E-state index contributed by atoms with van der Waals surface area (Å²) in [6, 6.07) is 12.8. The Morgan fingerprint density at radius 1 is 1.03 bits per heavy atom. The maximum atomic E-state index is 12.9. The number of amides is 1. The van der Waals surface area contributed by atoms with E-state index in [1.165, 1.54) is 4.31 Å². The van der Waals surface area contributed by atoms with Crippen LogP contribution in [0.1, 0.15) is 43.7 Å². The van der Waals surface area contributed by atoms with E-state index in [9.17, 15) is 13.2 Å². The summed E-state index contributed by atoms with van der Waals surface area (Å²) in [4.78, 5) is 12.6. The molecule has 0 aromatic heterocycles. The van der Waals surface area contributed by atoms with E-state index in [1.807, 2.05) is 31.2 Å². The number of sulfonamides is 1. The zero-order valence-electron chi connectivity index (χ0n) is 19.5. The molecule has 0 bridgehead atoms. The molecular weight excluding hydrogens is 440 g/mol. The van der Waals surface area contributed by atoms with Crippen molar-refractivity contribution in [2.24, 2.45) is 0 Å². The number of nitrogens with one attached hydrogen (secondary N) is 1. The second kappa shape index (κ2) is 12.0. The zero-order valence-corrected chi connectivity index (χ0v) is 20.3. The third-order valence-electron chi connectivity index (χ3n) is 5.79. The molecule has 1 fully saturated rings. The maximum absolute atomic E-state index is 12.9. The van der Waals surface area contributed by atoms with Crippen LogP contribution in [-0.2, 0) is 27.7 Å². The van der Waals surface area contributed by atoms with Gasteiger partial charge in [-0.15, -0.1) is 0 Å². The van der Waals surface area contributed by atoms with E-state index in [4.69, 9.17) is 9.47 Å². The van der Waals surface area contributed by atoms with Gasteiger partial charge in [-0.25, -0.2) is 8.42 Å². The van der Waals surface area contributed by atoms with E-state index in [2.05, 4.69) is 5.32 Å². The highest BCUT2D eigenvalue weighted by Crippen LogP contribution is 2.27. The highest BCUT2D eigenvalue weighted by atomic mass is 32.2. The van der Waals surface area contributed by atoms with Crippen LogP contribution in [0.25, 0.3) is 0 Å². The van der Waals surface area contributed by atoms with E-state index in [-0.39, 0.29) is 17.2 Å². The van der Waals surface area contributed by atoms with Crippen LogP contribution in [0.15, 0.2) is 47.4 Å². The van der Waals surface area contributed by atoms with Crippen LogP contribution in [0.5, 0.6) is 11.5 Å². The van der Waals surface area contributed by atoms with Crippen LogP contribution in [0, 0.1) is 0 Å². The van der Waals surface area contributed by atoms with Gasteiger partial charge >= 0.3 is 0 Å². The number of hydrogen-bond donors (Lipinski definition) is 1. The van der Waals surface area contributed by atoms with Crippen molar-refractivity contribution >= 4 is 15.9 Å². The van der Waals surface area contributed by atoms with Crippen molar-refractivity contribution in [1.82, 2.24) is 9.62 Å². The van der Waals surface area contributed by atoms with Gasteiger partial charge in [-0.1, -0.05) is 18.2 Å². The molecule has 3 rings (SSSR count). The van der Waals surface area contributed by atoms with Gasteiger partial charge in [0.1, 0.15) is 11.5 Å². The van der Waals surface area contributed by atoms with Gasteiger partial charge in [0.2, 0.25) is 15.9 Å². The highest BCUT2D eigenvalue weighted by molar-refractivity contribution is 7.89. The molecule has 1 heterocycles. The molecule has 0 saturated carbocycles. The van der Waals surface area contributed by atoms with Crippen molar-refractivity contribution in [2.75, 3.05) is 33.4 Å². The molecule has 1 N–H and O–H groups in total. The number of nitrogens with zero attached hydrogens (tertiary/aromatic N) is 1. The number of hydrogen-bond acceptors (Lipinski definition) is 5. The number of para-hydroxylation sites is 1. The molecule has 0 spiro atoms. The number of carbonyl (C=O) groups excluding carboxylic acids is 1. The Kier molecular flexibility index (Phi) is 9.14. The lowest BCUT2D eigenvalue weighted by Gasteiger charge is -2.17. The first-order chi connectivity index (χ1) is 16.0. The van der Waals surface area contributed by atoms with Gasteiger partial charge < -0.3 is 14.8 Å². The molecule has 2 aromatic carbocycles. The molecule has 1 saturated heterocycles. The summed E-state index contributed by atoms with van der Waals surface area (Å²) < 4.78 is 38.3. The standard InChI is InChI=1S/C25H34N2O5S/c1-3-32-24-11-5-4-9-20(24)10-8-16-26-25(28)15-12-21-19-22(13-14-23(21)31-2)33(29,30)27-17-6-7-18-27/h4-5,9,11,13-14,19H,3,6-8,10,12,15-18H2,1-2H3,(H,26,28). The van der Waals surface area contributed by atoms with Gasteiger partial charge in [0.15, 0.2) is 0 Å². The molecule has 33 heavy (non-hydrogen) atoms. The number of methoxy groups -OCH3 is 1. The van der Waals surface area contributed by atoms with E-state index in [1.54, 1.807) is 25.3 Å². The summed E-state index contributed by atoms with van der Waals surface area (Å²) in [5, 5.41) is 2.95. The van der Waals surface area contributed by atoms with Crippen molar-refractivity contribution in [3.63, 3.8) is 0 Å². The predicted octanol–water partition coefficient (Wildman–Crippen LogP) is 3.56. The average Bonchev–Trinajstić information content (AvgIpc) is 3.37. The molecule has 0 aliphatic carbocycles. The fraction of sp³-hybridized carbons (Fsp3) is 0.480. The van der Waals surface area contributed by atoms with Crippen LogP contribution in [-0.4, -0.2) is 52.0 Å². The van der Waals surface area contributed by atoms with Crippen molar-refractivity contribution in [1.29, 1.82) is 0 Å². The third kappa shape index (κ3) is 6.71. The lowest BCUT2D eigenvalue weighted by Crippen LogP contribution is -2.28. The first-order valence-corrected chi connectivity index (χ1v) is 13.0. The van der Waals surface area contributed by atoms with Crippen molar-refractivity contribution in [2.45, 2.75) is 50.3 Å². The minimum Gasteiger partial charge on any atom is -0.496 e. The van der Waals surface area contributed by atoms with Gasteiger partial charge in [-0.3, -0.25) is 4.79 Å². The topological polar surface area (TPSA) is 84.9 Å². The number of carbonyl (C=O) groups is 1. The monoisotopic (exact) mass is 474 g/mol. The molecular formula is C25H34N2O5S. The van der Waals surface area contributed by atoms with E-state index < -0.39 is 10.0 Å². The summed E-state index contributed by atoms with van der Waals surface area (Å²) >= 11 is 0. The zero-order chi connectivity index (χ0) is 23.7. The maximum Gasteiger partial charge on any atom is 0.243 e. The largest absolute Gasteiger partial charge is 0.496 e.